The van der Waals surface area contributed by atoms with Crippen LogP contribution in [-0.4, -0.2) is 16.9 Å². The third-order valence-corrected chi connectivity index (χ3v) is 3.79. The summed E-state index contributed by atoms with van der Waals surface area (Å²) in [5, 5.41) is 11.9. The molecule has 1 aromatic heterocycles. The Hall–Kier alpha value is -1.76. The van der Waals surface area contributed by atoms with E-state index in [2.05, 4.69) is 16.4 Å². The highest BCUT2D eigenvalue weighted by Crippen LogP contribution is 2.23. The van der Waals surface area contributed by atoms with Crippen LogP contribution in [0.2, 0.25) is 0 Å². The number of nitrogens with zero attached hydrogens (tertiary/aromatic N) is 1. The molecule has 1 aliphatic rings. The lowest BCUT2D eigenvalue weighted by Crippen LogP contribution is -2.37. The molecular weight excluding hydrogens is 238 g/mol. The van der Waals surface area contributed by atoms with Crippen LogP contribution in [0.15, 0.2) is 18.3 Å². The maximum absolute atomic E-state index is 11.8. The summed E-state index contributed by atoms with van der Waals surface area (Å²) < 4.78 is 0. The quantitative estimate of drug-likeness (QED) is 0.853. The van der Waals surface area contributed by atoms with Crippen LogP contribution in [0.1, 0.15) is 44.2 Å². The Morgan fingerprint density at radius 1 is 1.42 bits per heavy atom. The number of nitrogens with one attached hydrogen (secondary N) is 2. The minimum atomic E-state index is 0.145. The fourth-order valence-electron chi connectivity index (χ4n) is 2.63. The van der Waals surface area contributed by atoms with Gasteiger partial charge in [0.2, 0.25) is 5.91 Å². The van der Waals surface area contributed by atoms with Crippen molar-refractivity contribution < 1.29 is 4.79 Å². The van der Waals surface area contributed by atoms with Gasteiger partial charge in [-0.2, -0.15) is 5.26 Å². The molecule has 1 amide bonds. The first-order chi connectivity index (χ1) is 9.28. The van der Waals surface area contributed by atoms with Crippen molar-refractivity contribution in [3.63, 3.8) is 0 Å². The molecule has 19 heavy (non-hydrogen) atoms. The number of aromatic nitrogens is 1. The van der Waals surface area contributed by atoms with Crippen molar-refractivity contribution in [2.45, 2.75) is 51.0 Å². The Bertz CT molecular complexity index is 425. The van der Waals surface area contributed by atoms with Crippen LogP contribution in [-0.2, 0) is 11.2 Å². The van der Waals surface area contributed by atoms with Gasteiger partial charge in [0.15, 0.2) is 0 Å². The number of amides is 1. The molecule has 102 valence electrons. The van der Waals surface area contributed by atoms with Crippen LogP contribution in [0.5, 0.6) is 0 Å². The minimum absolute atomic E-state index is 0.145. The highest BCUT2D eigenvalue weighted by Gasteiger charge is 2.21. The predicted molar refractivity (Wildman–Crippen MR) is 73.2 cm³/mol. The number of hydrogen-bond acceptors (Lipinski definition) is 2. The molecule has 0 spiro atoms. The first kappa shape index (κ1) is 13.7. The molecule has 0 aliphatic heterocycles. The van der Waals surface area contributed by atoms with E-state index in [0.29, 0.717) is 6.42 Å². The van der Waals surface area contributed by atoms with Gasteiger partial charge in [0.25, 0.3) is 0 Å². The lowest BCUT2D eigenvalue weighted by Gasteiger charge is -2.25. The van der Waals surface area contributed by atoms with E-state index in [1.165, 1.54) is 5.69 Å². The minimum Gasteiger partial charge on any atom is -0.365 e. The summed E-state index contributed by atoms with van der Waals surface area (Å²) in [5.41, 5.74) is 1.18. The number of carbonyl (C=O) groups excluding carboxylic acids is 1. The molecule has 2 N–H and O–H groups in total. The topological polar surface area (TPSA) is 68.7 Å². The third kappa shape index (κ3) is 4.44. The highest BCUT2D eigenvalue weighted by molar-refractivity contribution is 5.76. The number of aryl methyl sites for hydroxylation is 1. The van der Waals surface area contributed by atoms with Crippen LogP contribution in [0.4, 0.5) is 0 Å². The molecule has 1 heterocycles. The van der Waals surface area contributed by atoms with Gasteiger partial charge in [-0.3, -0.25) is 4.79 Å². The van der Waals surface area contributed by atoms with Gasteiger partial charge in [0, 0.05) is 30.3 Å². The fraction of sp³-hybridized carbons (Fsp3) is 0.600. The van der Waals surface area contributed by atoms with Gasteiger partial charge in [-0.05, 0) is 50.7 Å². The molecule has 0 radical (unpaired) electrons. The van der Waals surface area contributed by atoms with E-state index in [-0.39, 0.29) is 17.9 Å². The number of nitriles is 1. The Morgan fingerprint density at radius 3 is 2.84 bits per heavy atom. The maximum atomic E-state index is 11.8. The normalized spacial score (nSPS) is 22.7. The van der Waals surface area contributed by atoms with E-state index in [0.717, 1.165) is 38.5 Å². The zero-order valence-electron chi connectivity index (χ0n) is 11.2. The molecule has 0 aromatic carbocycles. The zero-order chi connectivity index (χ0) is 13.5. The maximum Gasteiger partial charge on any atom is 0.220 e. The average molecular weight is 259 g/mol. The summed E-state index contributed by atoms with van der Waals surface area (Å²) in [6.45, 7) is 0. The second-order valence-electron chi connectivity index (χ2n) is 5.29. The smallest absolute Gasteiger partial charge is 0.220 e. The molecule has 0 saturated heterocycles. The van der Waals surface area contributed by atoms with Gasteiger partial charge in [0.1, 0.15) is 0 Å². The van der Waals surface area contributed by atoms with Crippen LogP contribution < -0.4 is 5.32 Å². The molecule has 0 bridgehead atoms. The van der Waals surface area contributed by atoms with Crippen molar-refractivity contribution in [1.82, 2.24) is 10.3 Å². The molecule has 1 aliphatic carbocycles. The van der Waals surface area contributed by atoms with E-state index < -0.39 is 0 Å². The van der Waals surface area contributed by atoms with Crippen molar-refractivity contribution in [2.24, 2.45) is 5.92 Å². The van der Waals surface area contributed by atoms with E-state index in [4.69, 9.17) is 5.26 Å². The summed E-state index contributed by atoms with van der Waals surface area (Å²) >= 11 is 0. The van der Waals surface area contributed by atoms with Crippen LogP contribution in [0.3, 0.4) is 0 Å². The number of rotatable bonds is 5. The fourth-order valence-corrected chi connectivity index (χ4v) is 2.63. The first-order valence-electron chi connectivity index (χ1n) is 7.09. The monoisotopic (exact) mass is 259 g/mol. The molecule has 0 atom stereocenters. The third-order valence-electron chi connectivity index (χ3n) is 3.79. The molecular formula is C15H21N3O. The van der Waals surface area contributed by atoms with E-state index in [1.807, 2.05) is 18.3 Å². The van der Waals surface area contributed by atoms with Gasteiger partial charge in [-0.1, -0.05) is 0 Å². The molecule has 1 aromatic rings. The van der Waals surface area contributed by atoms with Gasteiger partial charge < -0.3 is 10.3 Å². The van der Waals surface area contributed by atoms with Crippen LogP contribution in [0, 0.1) is 17.2 Å². The SMILES string of the molecule is N#CC1CCC(NC(=O)CCCc2ccc[nH]2)CC1. The molecule has 4 nitrogen and oxygen atoms in total. The van der Waals surface area contributed by atoms with Crippen molar-refractivity contribution in [2.75, 3.05) is 0 Å². The van der Waals surface area contributed by atoms with Gasteiger partial charge in [0.05, 0.1) is 6.07 Å². The van der Waals surface area contributed by atoms with Crippen molar-refractivity contribution in [3.8, 4) is 6.07 Å². The van der Waals surface area contributed by atoms with E-state index >= 15 is 0 Å². The summed E-state index contributed by atoms with van der Waals surface area (Å²) in [4.78, 5) is 14.9. The van der Waals surface area contributed by atoms with Crippen LogP contribution >= 0.6 is 0 Å². The Labute approximate surface area is 114 Å². The number of hydrogen-bond donors (Lipinski definition) is 2. The summed E-state index contributed by atoms with van der Waals surface area (Å²) in [5.74, 6) is 0.341. The molecule has 4 heteroatoms. The summed E-state index contributed by atoms with van der Waals surface area (Å²) in [7, 11) is 0. The van der Waals surface area contributed by atoms with Gasteiger partial charge in [-0.25, -0.2) is 0 Å². The number of aromatic amines is 1. The second kappa shape index (κ2) is 6.98. The lowest BCUT2D eigenvalue weighted by molar-refractivity contribution is -0.122. The average Bonchev–Trinajstić information content (AvgIpc) is 2.93. The highest BCUT2D eigenvalue weighted by atomic mass is 16.1. The molecule has 1 saturated carbocycles. The van der Waals surface area contributed by atoms with Crippen LogP contribution in [0.25, 0.3) is 0 Å². The Balaban J connectivity index is 1.61. The second-order valence-corrected chi connectivity index (χ2v) is 5.29. The number of H-pyrrole nitrogens is 1. The molecule has 0 unspecified atom stereocenters. The van der Waals surface area contributed by atoms with Crippen molar-refractivity contribution >= 4 is 5.91 Å². The van der Waals surface area contributed by atoms with Gasteiger partial charge in [-0.15, -0.1) is 0 Å². The lowest BCUT2D eigenvalue weighted by atomic mass is 9.87. The van der Waals surface area contributed by atoms with E-state index in [9.17, 15) is 4.79 Å². The predicted octanol–water partition coefficient (Wildman–Crippen LogP) is 2.54. The van der Waals surface area contributed by atoms with Crippen molar-refractivity contribution in [3.05, 3.63) is 24.0 Å². The summed E-state index contributed by atoms with van der Waals surface area (Å²) in [6.07, 6.45) is 8.01. The Kier molecular flexibility index (Phi) is 5.02. The molecule has 1 fully saturated rings. The first-order valence-corrected chi connectivity index (χ1v) is 7.09. The number of carbonyl (C=O) groups is 1. The standard InChI is InChI=1S/C15H21N3O/c16-11-12-6-8-14(9-7-12)18-15(19)5-1-3-13-4-2-10-17-13/h2,4,10,12,14,17H,1,3,5-9H2,(H,18,19). The van der Waals surface area contributed by atoms with Gasteiger partial charge >= 0.3 is 0 Å². The Morgan fingerprint density at radius 2 is 2.21 bits per heavy atom. The largest absolute Gasteiger partial charge is 0.365 e. The zero-order valence-corrected chi connectivity index (χ0v) is 11.2. The van der Waals surface area contributed by atoms with Crippen molar-refractivity contribution in [1.29, 1.82) is 5.26 Å². The summed E-state index contributed by atoms with van der Waals surface area (Å²) in [6, 6.07) is 6.61. The van der Waals surface area contributed by atoms with E-state index in [1.54, 1.807) is 0 Å². The molecule has 2 rings (SSSR count).